The Hall–Kier alpha value is -0.980. The molecule has 0 atom stereocenters. The summed E-state index contributed by atoms with van der Waals surface area (Å²) < 4.78 is 1.09. The molecule has 0 aromatic rings. The molecule has 13 heavy (non-hydrogen) atoms. The highest BCUT2D eigenvalue weighted by molar-refractivity contribution is 14.1. The monoisotopic (exact) mass is 292 g/mol. The Morgan fingerprint density at radius 1 is 1.46 bits per heavy atom. The second-order valence-electron chi connectivity index (χ2n) is 2.39. The van der Waals surface area contributed by atoms with Crippen LogP contribution in [0.5, 0.6) is 0 Å². The van der Waals surface area contributed by atoms with Gasteiger partial charge in [0, 0.05) is 21.6 Å². The van der Waals surface area contributed by atoms with Crippen molar-refractivity contribution >= 4 is 28.4 Å². The van der Waals surface area contributed by atoms with Gasteiger partial charge in [0.25, 0.3) is 0 Å². The van der Waals surface area contributed by atoms with Crippen molar-refractivity contribution in [2.75, 3.05) is 0 Å². The van der Waals surface area contributed by atoms with Crippen molar-refractivity contribution in [2.45, 2.75) is 6.92 Å². The van der Waals surface area contributed by atoms with Crippen molar-refractivity contribution in [1.29, 1.82) is 5.41 Å². The number of hydrogen-bond acceptors (Lipinski definition) is 3. The molecule has 0 saturated carbocycles. The Bertz CT molecular complexity index is 274. The Morgan fingerprint density at radius 2 is 2.00 bits per heavy atom. The largest absolute Gasteiger partial charge is 0.397 e. The lowest BCUT2D eigenvalue weighted by Crippen LogP contribution is -2.18. The van der Waals surface area contributed by atoms with Gasteiger partial charge in [-0.1, -0.05) is 6.58 Å². The minimum Gasteiger partial charge on any atom is -0.397 e. The minimum atomic E-state index is -0.120. The standard InChI is InChI=1S/C8H13IN4/c1-5(9)3-13-4-7(10)6(2)8(11)12/h3-4,13H,2,10H2,1H3,(H3,11,12)/b5-3+,7-4+. The van der Waals surface area contributed by atoms with Crippen LogP contribution < -0.4 is 16.8 Å². The van der Waals surface area contributed by atoms with Crippen LogP contribution in [-0.4, -0.2) is 5.84 Å². The third-order valence-electron chi connectivity index (χ3n) is 1.19. The summed E-state index contributed by atoms with van der Waals surface area (Å²) in [7, 11) is 0. The molecule has 0 aliphatic rings. The van der Waals surface area contributed by atoms with Gasteiger partial charge in [-0.2, -0.15) is 0 Å². The van der Waals surface area contributed by atoms with Crippen molar-refractivity contribution < 1.29 is 0 Å². The number of nitrogens with two attached hydrogens (primary N) is 2. The maximum absolute atomic E-state index is 7.06. The van der Waals surface area contributed by atoms with E-state index in [2.05, 4.69) is 34.5 Å². The normalized spacial score (nSPS) is 12.5. The number of allylic oxidation sites excluding steroid dienone is 1. The van der Waals surface area contributed by atoms with Crippen LogP contribution in [0.3, 0.4) is 0 Å². The minimum absolute atomic E-state index is 0.120. The average Bonchev–Trinajstić information content (AvgIpc) is 2.02. The molecule has 4 nitrogen and oxygen atoms in total. The first-order chi connectivity index (χ1) is 5.95. The fraction of sp³-hybridized carbons (Fsp3) is 0.125. The van der Waals surface area contributed by atoms with Crippen LogP contribution in [0.4, 0.5) is 0 Å². The molecular formula is C8H13IN4. The van der Waals surface area contributed by atoms with Crippen LogP contribution in [0, 0.1) is 5.41 Å². The molecule has 0 spiro atoms. The van der Waals surface area contributed by atoms with E-state index in [1.54, 1.807) is 12.4 Å². The van der Waals surface area contributed by atoms with Crippen molar-refractivity contribution in [2.24, 2.45) is 11.5 Å². The maximum atomic E-state index is 7.06. The highest BCUT2D eigenvalue weighted by Crippen LogP contribution is 2.01. The molecule has 0 aliphatic carbocycles. The summed E-state index contributed by atoms with van der Waals surface area (Å²) in [6, 6.07) is 0. The van der Waals surface area contributed by atoms with Gasteiger partial charge < -0.3 is 16.8 Å². The molecule has 0 radical (unpaired) electrons. The number of nitrogens with one attached hydrogen (secondary N) is 2. The van der Waals surface area contributed by atoms with Gasteiger partial charge in [0.05, 0.1) is 5.70 Å². The molecule has 0 heterocycles. The van der Waals surface area contributed by atoms with Gasteiger partial charge >= 0.3 is 0 Å². The maximum Gasteiger partial charge on any atom is 0.124 e. The molecule has 0 aromatic carbocycles. The molecule has 0 fully saturated rings. The fourth-order valence-corrected chi connectivity index (χ4v) is 0.669. The SMILES string of the molecule is C=C(C(=N)N)/C(N)=C\N/C=C(\C)I. The van der Waals surface area contributed by atoms with E-state index in [4.69, 9.17) is 16.9 Å². The summed E-state index contributed by atoms with van der Waals surface area (Å²) in [6.07, 6.45) is 3.33. The topological polar surface area (TPSA) is 87.9 Å². The van der Waals surface area contributed by atoms with Crippen LogP contribution in [-0.2, 0) is 0 Å². The summed E-state index contributed by atoms with van der Waals surface area (Å²) in [5, 5.41) is 9.91. The van der Waals surface area contributed by atoms with Gasteiger partial charge in [0.15, 0.2) is 0 Å². The van der Waals surface area contributed by atoms with E-state index >= 15 is 0 Å². The summed E-state index contributed by atoms with van der Waals surface area (Å²) in [6.45, 7) is 5.49. The number of hydrogen-bond donors (Lipinski definition) is 4. The van der Waals surface area contributed by atoms with Crippen molar-refractivity contribution in [1.82, 2.24) is 5.32 Å². The molecule has 72 valence electrons. The third kappa shape index (κ3) is 5.29. The molecular weight excluding hydrogens is 279 g/mol. The van der Waals surface area contributed by atoms with Gasteiger partial charge in [-0.05, 0) is 29.5 Å². The second-order valence-corrected chi connectivity index (χ2v) is 4.09. The third-order valence-corrected chi connectivity index (χ3v) is 1.51. The van der Waals surface area contributed by atoms with E-state index in [0.717, 1.165) is 3.58 Å². The second kappa shape index (κ2) is 5.63. The zero-order valence-corrected chi connectivity index (χ0v) is 9.55. The van der Waals surface area contributed by atoms with E-state index < -0.39 is 0 Å². The molecule has 0 aliphatic heterocycles. The van der Waals surface area contributed by atoms with Crippen LogP contribution in [0.25, 0.3) is 0 Å². The number of amidine groups is 1. The lowest BCUT2D eigenvalue weighted by molar-refractivity contribution is 1.14. The first kappa shape index (κ1) is 12.0. The molecule has 0 bridgehead atoms. The van der Waals surface area contributed by atoms with E-state index in [1.165, 1.54) is 0 Å². The summed E-state index contributed by atoms with van der Waals surface area (Å²) in [5.74, 6) is -0.120. The average molecular weight is 292 g/mol. The van der Waals surface area contributed by atoms with Gasteiger partial charge in [-0.25, -0.2) is 0 Å². The van der Waals surface area contributed by atoms with E-state index in [-0.39, 0.29) is 5.84 Å². The van der Waals surface area contributed by atoms with Crippen molar-refractivity contribution in [3.05, 3.63) is 33.8 Å². The van der Waals surface area contributed by atoms with Crippen molar-refractivity contribution in [3.63, 3.8) is 0 Å². The summed E-state index contributed by atoms with van der Waals surface area (Å²) in [4.78, 5) is 0. The van der Waals surface area contributed by atoms with Gasteiger partial charge in [-0.3, -0.25) is 5.41 Å². The number of rotatable bonds is 4. The molecule has 0 aromatic heterocycles. The van der Waals surface area contributed by atoms with Crippen LogP contribution >= 0.6 is 22.6 Å². The van der Waals surface area contributed by atoms with E-state index in [0.29, 0.717) is 11.3 Å². The van der Waals surface area contributed by atoms with Crippen LogP contribution in [0.2, 0.25) is 0 Å². The molecule has 0 unspecified atom stereocenters. The van der Waals surface area contributed by atoms with Crippen LogP contribution in [0.15, 0.2) is 33.8 Å². The van der Waals surface area contributed by atoms with Gasteiger partial charge in [-0.15, -0.1) is 0 Å². The molecule has 0 amide bonds. The predicted molar refractivity (Wildman–Crippen MR) is 64.2 cm³/mol. The molecule has 6 N–H and O–H groups in total. The summed E-state index contributed by atoms with van der Waals surface area (Å²) in [5.41, 5.74) is 11.4. The van der Waals surface area contributed by atoms with Gasteiger partial charge in [0.2, 0.25) is 0 Å². The molecule has 0 saturated heterocycles. The summed E-state index contributed by atoms with van der Waals surface area (Å²) >= 11 is 2.16. The predicted octanol–water partition coefficient (Wildman–Crippen LogP) is 1.16. The highest BCUT2D eigenvalue weighted by Gasteiger charge is 1.99. The first-order valence-electron chi connectivity index (χ1n) is 3.52. The zero-order valence-electron chi connectivity index (χ0n) is 7.39. The Balaban J connectivity index is 4.26. The first-order valence-corrected chi connectivity index (χ1v) is 4.60. The fourth-order valence-electron chi connectivity index (χ4n) is 0.489. The lowest BCUT2D eigenvalue weighted by Gasteiger charge is -2.02. The molecule has 5 heteroatoms. The lowest BCUT2D eigenvalue weighted by atomic mass is 10.2. The molecule has 0 rings (SSSR count). The Morgan fingerprint density at radius 3 is 2.38 bits per heavy atom. The van der Waals surface area contributed by atoms with E-state index in [1.807, 2.05) is 6.92 Å². The van der Waals surface area contributed by atoms with Crippen LogP contribution in [0.1, 0.15) is 6.92 Å². The quantitative estimate of drug-likeness (QED) is 0.271. The van der Waals surface area contributed by atoms with Gasteiger partial charge in [0.1, 0.15) is 5.84 Å². The smallest absolute Gasteiger partial charge is 0.124 e. The highest BCUT2D eigenvalue weighted by atomic mass is 127. The zero-order chi connectivity index (χ0) is 10.4. The van der Waals surface area contributed by atoms with E-state index in [9.17, 15) is 0 Å². The number of halogens is 1. The van der Waals surface area contributed by atoms with Crippen molar-refractivity contribution in [3.8, 4) is 0 Å². The Kier molecular flexibility index (Phi) is 5.20. The Labute approximate surface area is 91.4 Å².